The van der Waals surface area contributed by atoms with Crippen molar-refractivity contribution in [3.8, 4) is 5.75 Å². The molecule has 0 spiro atoms. The molecule has 1 unspecified atom stereocenters. The van der Waals surface area contributed by atoms with Crippen LogP contribution < -0.4 is 4.74 Å². The summed E-state index contributed by atoms with van der Waals surface area (Å²) in [5.74, 6) is -1.53. The Kier molecular flexibility index (Phi) is 9.25. The molecule has 0 bridgehead atoms. The molecule has 2 aliphatic rings. The molecule has 2 saturated heterocycles. The summed E-state index contributed by atoms with van der Waals surface area (Å²) >= 11 is 12.5. The van der Waals surface area contributed by atoms with Crippen LogP contribution in [0.4, 0.5) is 4.39 Å². The Morgan fingerprint density at radius 3 is 2.34 bits per heavy atom. The molecule has 1 N–H and O–H groups in total. The van der Waals surface area contributed by atoms with E-state index >= 15 is 0 Å². The first-order valence-electron chi connectivity index (χ1n) is 13.3. The van der Waals surface area contributed by atoms with Crippen LogP contribution in [0.1, 0.15) is 29.2 Å². The summed E-state index contributed by atoms with van der Waals surface area (Å²) in [6.07, 6.45) is 0.644. The maximum atomic E-state index is 13.3. The molecule has 1 atom stereocenters. The number of morpholine rings is 1. The highest BCUT2D eigenvalue weighted by Gasteiger charge is 2.46. The number of Topliss-reactive ketones (excluding diaryl/α,β-unsaturated/α-hetero) is 1. The Balaban J connectivity index is 1.39. The number of carbonyl (C=O) groups is 2. The van der Waals surface area contributed by atoms with Crippen molar-refractivity contribution < 1.29 is 28.6 Å². The van der Waals surface area contributed by atoms with E-state index in [1.54, 1.807) is 54.6 Å². The number of halogens is 3. The topological polar surface area (TPSA) is 79.3 Å². The highest BCUT2D eigenvalue weighted by atomic mass is 35.5. The van der Waals surface area contributed by atoms with Crippen molar-refractivity contribution >= 4 is 40.7 Å². The van der Waals surface area contributed by atoms with Crippen LogP contribution >= 0.6 is 23.2 Å². The van der Waals surface area contributed by atoms with Crippen molar-refractivity contribution in [2.75, 3.05) is 39.4 Å². The van der Waals surface area contributed by atoms with Gasteiger partial charge in [-0.25, -0.2) is 4.39 Å². The molecule has 3 aromatic carbocycles. The van der Waals surface area contributed by atoms with Crippen LogP contribution in [0.3, 0.4) is 0 Å². The van der Waals surface area contributed by atoms with Crippen LogP contribution in [0.25, 0.3) is 5.76 Å². The van der Waals surface area contributed by atoms with Crippen molar-refractivity contribution in [3.05, 3.63) is 105 Å². The normalized spacial score (nSPS) is 19.1. The third-order valence-corrected chi connectivity index (χ3v) is 7.96. The number of benzene rings is 3. The van der Waals surface area contributed by atoms with E-state index in [0.29, 0.717) is 48.1 Å². The second-order valence-electron chi connectivity index (χ2n) is 9.91. The standard InChI is InChI=1S/C31H29Cl2FN2O5/c32-25-11-6-22(18-26(25)33)28-27(30(38)31(39)36(28)13-1-12-35-14-16-40-17-15-35)29(37)21-4-9-24(10-5-21)41-19-20-2-7-23(34)8-3-20/h2-11,18,28,37H,1,12-17,19H2. The van der Waals surface area contributed by atoms with Gasteiger partial charge < -0.3 is 19.5 Å². The lowest BCUT2D eigenvalue weighted by molar-refractivity contribution is -0.140. The average molecular weight is 599 g/mol. The number of aliphatic hydroxyl groups is 1. The number of carbonyl (C=O) groups excluding carboxylic acids is 2. The second kappa shape index (κ2) is 13.0. The van der Waals surface area contributed by atoms with Crippen LogP contribution in [-0.4, -0.2) is 66.0 Å². The lowest BCUT2D eigenvalue weighted by atomic mass is 9.95. The summed E-state index contributed by atoms with van der Waals surface area (Å²) < 4.78 is 24.3. The van der Waals surface area contributed by atoms with Crippen molar-refractivity contribution in [2.45, 2.75) is 19.1 Å². The van der Waals surface area contributed by atoms with Crippen LogP contribution in [0.15, 0.2) is 72.3 Å². The van der Waals surface area contributed by atoms with Crippen molar-refractivity contribution in [1.29, 1.82) is 0 Å². The molecular formula is C31H29Cl2FN2O5. The molecule has 0 saturated carbocycles. The Hall–Kier alpha value is -3.43. The number of rotatable bonds is 9. The van der Waals surface area contributed by atoms with E-state index in [-0.39, 0.29) is 28.8 Å². The zero-order valence-corrected chi connectivity index (χ0v) is 23.7. The summed E-state index contributed by atoms with van der Waals surface area (Å²) in [6, 6.07) is 16.7. The molecule has 0 radical (unpaired) electrons. The predicted octanol–water partition coefficient (Wildman–Crippen LogP) is 5.86. The number of hydrogen-bond donors (Lipinski definition) is 1. The zero-order chi connectivity index (χ0) is 28.9. The largest absolute Gasteiger partial charge is 0.507 e. The Morgan fingerprint density at radius 2 is 1.66 bits per heavy atom. The summed E-state index contributed by atoms with van der Waals surface area (Å²) in [5.41, 5.74) is 1.72. The van der Waals surface area contributed by atoms with Crippen LogP contribution in [0.2, 0.25) is 10.0 Å². The van der Waals surface area contributed by atoms with E-state index in [9.17, 15) is 19.1 Å². The van der Waals surface area contributed by atoms with Gasteiger partial charge in [0.05, 0.1) is 34.9 Å². The van der Waals surface area contributed by atoms with Crippen molar-refractivity contribution in [2.24, 2.45) is 0 Å². The van der Waals surface area contributed by atoms with Gasteiger partial charge in [0.15, 0.2) is 0 Å². The first kappa shape index (κ1) is 29.1. The molecule has 2 fully saturated rings. The van der Waals surface area contributed by atoms with E-state index < -0.39 is 17.7 Å². The monoisotopic (exact) mass is 598 g/mol. The van der Waals surface area contributed by atoms with Gasteiger partial charge in [0.2, 0.25) is 0 Å². The van der Waals surface area contributed by atoms with E-state index in [0.717, 1.165) is 25.2 Å². The molecule has 3 aromatic rings. The van der Waals surface area contributed by atoms with Crippen molar-refractivity contribution in [3.63, 3.8) is 0 Å². The number of amides is 1. The molecule has 41 heavy (non-hydrogen) atoms. The minimum atomic E-state index is -0.830. The predicted molar refractivity (Wildman–Crippen MR) is 155 cm³/mol. The Labute approximate surface area is 247 Å². The molecule has 214 valence electrons. The van der Waals surface area contributed by atoms with Gasteiger partial charge in [-0.05, 0) is 66.1 Å². The molecular weight excluding hydrogens is 570 g/mol. The summed E-state index contributed by atoms with van der Waals surface area (Å²) in [7, 11) is 0. The number of ketones is 1. The van der Waals surface area contributed by atoms with Gasteiger partial charge >= 0.3 is 0 Å². The molecule has 10 heteroatoms. The average Bonchev–Trinajstić information content (AvgIpc) is 3.24. The number of ether oxygens (including phenoxy) is 2. The van der Waals surface area contributed by atoms with Gasteiger partial charge in [-0.2, -0.15) is 0 Å². The van der Waals surface area contributed by atoms with Gasteiger partial charge in [0.25, 0.3) is 11.7 Å². The number of likely N-dealkylation sites (tertiary alicyclic amines) is 1. The molecule has 2 heterocycles. The molecule has 5 rings (SSSR count). The van der Waals surface area contributed by atoms with Gasteiger partial charge in [-0.1, -0.05) is 41.4 Å². The lowest BCUT2D eigenvalue weighted by Gasteiger charge is -2.29. The molecule has 7 nitrogen and oxygen atoms in total. The third kappa shape index (κ3) is 6.73. The summed E-state index contributed by atoms with van der Waals surface area (Å²) in [5, 5.41) is 12.0. The van der Waals surface area contributed by atoms with Crippen LogP contribution in [-0.2, 0) is 20.9 Å². The Morgan fingerprint density at radius 1 is 0.951 bits per heavy atom. The number of nitrogens with zero attached hydrogens (tertiary/aromatic N) is 2. The molecule has 0 aliphatic carbocycles. The molecule has 1 amide bonds. The highest BCUT2D eigenvalue weighted by molar-refractivity contribution is 6.46. The maximum absolute atomic E-state index is 13.3. The fraction of sp³-hybridized carbons (Fsp3) is 0.290. The fourth-order valence-corrected chi connectivity index (χ4v) is 5.35. The second-order valence-corrected chi connectivity index (χ2v) is 10.7. The molecule has 0 aromatic heterocycles. The first-order valence-corrected chi connectivity index (χ1v) is 14.1. The first-order chi connectivity index (χ1) is 19.8. The maximum Gasteiger partial charge on any atom is 0.295 e. The number of aliphatic hydroxyl groups excluding tert-OH is 1. The van der Waals surface area contributed by atoms with Gasteiger partial charge in [0, 0.05) is 31.7 Å². The summed E-state index contributed by atoms with van der Waals surface area (Å²) in [6.45, 7) is 4.28. The van der Waals surface area contributed by atoms with Crippen molar-refractivity contribution in [1.82, 2.24) is 9.80 Å². The SMILES string of the molecule is O=C1C(=O)N(CCCN2CCOCC2)C(c2ccc(Cl)c(Cl)c2)C1=C(O)c1ccc(OCc2ccc(F)cc2)cc1. The quantitative estimate of drug-likeness (QED) is 0.189. The fourth-order valence-electron chi connectivity index (χ4n) is 5.04. The van der Waals surface area contributed by atoms with E-state index in [1.165, 1.54) is 17.0 Å². The minimum absolute atomic E-state index is 0.0141. The highest BCUT2D eigenvalue weighted by Crippen LogP contribution is 2.41. The van der Waals surface area contributed by atoms with E-state index in [2.05, 4.69) is 4.90 Å². The lowest BCUT2D eigenvalue weighted by Crippen LogP contribution is -2.38. The Bertz CT molecular complexity index is 1440. The number of hydrogen-bond acceptors (Lipinski definition) is 6. The zero-order valence-electron chi connectivity index (χ0n) is 22.2. The van der Waals surface area contributed by atoms with Gasteiger partial charge in [0.1, 0.15) is 23.9 Å². The van der Waals surface area contributed by atoms with Crippen LogP contribution in [0, 0.1) is 5.82 Å². The van der Waals surface area contributed by atoms with Crippen LogP contribution in [0.5, 0.6) is 5.75 Å². The smallest absolute Gasteiger partial charge is 0.295 e. The van der Waals surface area contributed by atoms with E-state index in [4.69, 9.17) is 32.7 Å². The van der Waals surface area contributed by atoms with Gasteiger partial charge in [-0.15, -0.1) is 0 Å². The summed E-state index contributed by atoms with van der Waals surface area (Å²) in [4.78, 5) is 30.3. The molecule has 2 aliphatic heterocycles. The minimum Gasteiger partial charge on any atom is -0.507 e. The van der Waals surface area contributed by atoms with Gasteiger partial charge in [-0.3, -0.25) is 14.5 Å². The third-order valence-electron chi connectivity index (χ3n) is 7.22. The van der Waals surface area contributed by atoms with E-state index in [1.807, 2.05) is 0 Å².